The van der Waals surface area contributed by atoms with E-state index in [9.17, 15) is 0 Å². The summed E-state index contributed by atoms with van der Waals surface area (Å²) in [6, 6.07) is 0. The molecule has 0 aromatic heterocycles. The molecule has 0 fully saturated rings. The first-order valence-electron chi connectivity index (χ1n) is 5.83. The molecule has 0 spiro atoms. The quantitative estimate of drug-likeness (QED) is 0.419. The summed E-state index contributed by atoms with van der Waals surface area (Å²) < 4.78 is 5.25. The van der Waals surface area contributed by atoms with Gasteiger partial charge in [-0.2, -0.15) is 0 Å². The fraction of sp³-hybridized carbons (Fsp3) is 1.00. The number of hydrogen-bond acceptors (Lipinski definition) is 3. The monoisotopic (exact) mass is 202 g/mol. The molecule has 0 heterocycles. The zero-order chi connectivity index (χ0) is 10.6. The lowest BCUT2D eigenvalue weighted by atomic mass is 10.00. The van der Waals surface area contributed by atoms with E-state index in [-0.39, 0.29) is 0 Å². The Bertz CT molecular complexity index is 109. The summed E-state index contributed by atoms with van der Waals surface area (Å²) in [6.45, 7) is 7.46. The second kappa shape index (κ2) is 11.0. The minimum Gasteiger partial charge on any atom is -0.365 e. The van der Waals surface area contributed by atoms with Crippen LogP contribution in [0.1, 0.15) is 39.5 Å². The number of nitrogens with one attached hydrogen (secondary N) is 1. The van der Waals surface area contributed by atoms with Crippen LogP contribution in [0.5, 0.6) is 0 Å². The van der Waals surface area contributed by atoms with E-state index in [0.717, 1.165) is 12.5 Å². The van der Waals surface area contributed by atoms with Crippen LogP contribution in [-0.4, -0.2) is 26.4 Å². The lowest BCUT2D eigenvalue weighted by molar-refractivity contribution is 0.119. The second-order valence-corrected chi connectivity index (χ2v) is 3.71. The number of rotatable bonds is 10. The molecule has 86 valence electrons. The van der Waals surface area contributed by atoms with Crippen molar-refractivity contribution in [3.05, 3.63) is 0 Å². The fourth-order valence-corrected chi connectivity index (χ4v) is 1.43. The highest BCUT2D eigenvalue weighted by molar-refractivity contribution is 4.59. The van der Waals surface area contributed by atoms with E-state index in [4.69, 9.17) is 10.5 Å². The lowest BCUT2D eigenvalue weighted by Gasteiger charge is -2.15. The maximum atomic E-state index is 5.31. The predicted molar refractivity (Wildman–Crippen MR) is 61.2 cm³/mol. The van der Waals surface area contributed by atoms with Crippen molar-refractivity contribution in [1.29, 1.82) is 0 Å². The average molecular weight is 202 g/mol. The highest BCUT2D eigenvalue weighted by Gasteiger charge is 2.04. The van der Waals surface area contributed by atoms with Gasteiger partial charge in [-0.3, -0.25) is 5.32 Å². The van der Waals surface area contributed by atoms with Crippen molar-refractivity contribution in [2.75, 3.05) is 26.4 Å². The Morgan fingerprint density at radius 3 is 2.71 bits per heavy atom. The topological polar surface area (TPSA) is 47.3 Å². The van der Waals surface area contributed by atoms with Gasteiger partial charge in [-0.15, -0.1) is 0 Å². The third-order valence-electron chi connectivity index (χ3n) is 2.44. The van der Waals surface area contributed by atoms with Gasteiger partial charge in [0.2, 0.25) is 0 Å². The molecule has 0 saturated carbocycles. The number of nitrogens with two attached hydrogens (primary N) is 1. The van der Waals surface area contributed by atoms with E-state index in [1.165, 1.54) is 25.7 Å². The summed E-state index contributed by atoms with van der Waals surface area (Å²) in [5, 5.41) is 3.30. The molecule has 0 amide bonds. The average Bonchev–Trinajstić information content (AvgIpc) is 2.22. The van der Waals surface area contributed by atoms with Crippen LogP contribution < -0.4 is 11.1 Å². The van der Waals surface area contributed by atoms with E-state index in [2.05, 4.69) is 19.2 Å². The van der Waals surface area contributed by atoms with Gasteiger partial charge in [-0.05, 0) is 12.3 Å². The van der Waals surface area contributed by atoms with Crippen LogP contribution in [0.2, 0.25) is 0 Å². The van der Waals surface area contributed by atoms with Crippen LogP contribution in [0.4, 0.5) is 0 Å². The SMILES string of the molecule is CCCCC(CC)CNCOCCN. The van der Waals surface area contributed by atoms with E-state index < -0.39 is 0 Å². The summed E-state index contributed by atoms with van der Waals surface area (Å²) in [6.07, 6.45) is 5.21. The van der Waals surface area contributed by atoms with Gasteiger partial charge in [-0.1, -0.05) is 33.1 Å². The number of hydrogen-bond donors (Lipinski definition) is 2. The highest BCUT2D eigenvalue weighted by atomic mass is 16.5. The molecular formula is C11H26N2O. The number of unbranched alkanes of at least 4 members (excludes halogenated alkanes) is 1. The molecule has 1 unspecified atom stereocenters. The van der Waals surface area contributed by atoms with Crippen molar-refractivity contribution >= 4 is 0 Å². The molecule has 3 heteroatoms. The van der Waals surface area contributed by atoms with E-state index in [1.54, 1.807) is 0 Å². The molecule has 3 N–H and O–H groups in total. The standard InChI is InChI=1S/C11H26N2O/c1-3-5-6-11(4-2)9-13-10-14-8-7-12/h11,13H,3-10,12H2,1-2H3. The van der Waals surface area contributed by atoms with Crippen LogP contribution in [0.25, 0.3) is 0 Å². The van der Waals surface area contributed by atoms with E-state index >= 15 is 0 Å². The first kappa shape index (κ1) is 13.9. The summed E-state index contributed by atoms with van der Waals surface area (Å²) in [7, 11) is 0. The molecule has 0 aromatic carbocycles. The zero-order valence-electron chi connectivity index (χ0n) is 9.72. The first-order valence-corrected chi connectivity index (χ1v) is 5.83. The molecule has 3 nitrogen and oxygen atoms in total. The third kappa shape index (κ3) is 8.48. The van der Waals surface area contributed by atoms with Crippen molar-refractivity contribution in [2.45, 2.75) is 39.5 Å². The molecule has 0 aliphatic heterocycles. The first-order chi connectivity index (χ1) is 6.85. The second-order valence-electron chi connectivity index (χ2n) is 3.71. The molecular weight excluding hydrogens is 176 g/mol. The Labute approximate surface area is 88.4 Å². The van der Waals surface area contributed by atoms with Crippen molar-refractivity contribution in [3.63, 3.8) is 0 Å². The van der Waals surface area contributed by atoms with Gasteiger partial charge in [0.25, 0.3) is 0 Å². The molecule has 0 saturated heterocycles. The van der Waals surface area contributed by atoms with E-state index in [0.29, 0.717) is 19.9 Å². The third-order valence-corrected chi connectivity index (χ3v) is 2.44. The van der Waals surface area contributed by atoms with Gasteiger partial charge in [0.1, 0.15) is 0 Å². The molecule has 0 aromatic rings. The Kier molecular flexibility index (Phi) is 10.9. The molecule has 0 bridgehead atoms. The van der Waals surface area contributed by atoms with Crippen LogP contribution in [0.3, 0.4) is 0 Å². The van der Waals surface area contributed by atoms with E-state index in [1.807, 2.05) is 0 Å². The lowest BCUT2D eigenvalue weighted by Crippen LogP contribution is -2.26. The largest absolute Gasteiger partial charge is 0.365 e. The zero-order valence-corrected chi connectivity index (χ0v) is 9.72. The van der Waals surface area contributed by atoms with Gasteiger partial charge in [0.05, 0.1) is 13.3 Å². The minimum atomic E-state index is 0.606. The summed E-state index contributed by atoms with van der Waals surface area (Å²) in [5.41, 5.74) is 5.31. The molecule has 0 radical (unpaired) electrons. The van der Waals surface area contributed by atoms with Gasteiger partial charge in [-0.25, -0.2) is 0 Å². The van der Waals surface area contributed by atoms with Gasteiger partial charge >= 0.3 is 0 Å². The van der Waals surface area contributed by atoms with Crippen LogP contribution in [0.15, 0.2) is 0 Å². The Morgan fingerprint density at radius 2 is 2.14 bits per heavy atom. The van der Waals surface area contributed by atoms with Crippen LogP contribution in [-0.2, 0) is 4.74 Å². The summed E-state index contributed by atoms with van der Waals surface area (Å²) in [4.78, 5) is 0. The van der Waals surface area contributed by atoms with Crippen molar-refractivity contribution in [3.8, 4) is 0 Å². The number of ether oxygens (including phenoxy) is 1. The summed E-state index contributed by atoms with van der Waals surface area (Å²) >= 11 is 0. The Hall–Kier alpha value is -0.120. The van der Waals surface area contributed by atoms with Crippen molar-refractivity contribution in [2.24, 2.45) is 11.7 Å². The molecule has 0 aliphatic rings. The molecule has 0 rings (SSSR count). The van der Waals surface area contributed by atoms with Crippen molar-refractivity contribution in [1.82, 2.24) is 5.32 Å². The maximum Gasteiger partial charge on any atom is 0.0965 e. The van der Waals surface area contributed by atoms with Crippen LogP contribution >= 0.6 is 0 Å². The van der Waals surface area contributed by atoms with Gasteiger partial charge in [0, 0.05) is 13.1 Å². The van der Waals surface area contributed by atoms with Gasteiger partial charge < -0.3 is 10.5 Å². The molecule has 0 aliphatic carbocycles. The highest BCUT2D eigenvalue weighted by Crippen LogP contribution is 2.10. The minimum absolute atomic E-state index is 0.606. The Balaban J connectivity index is 3.24. The molecule has 1 atom stereocenters. The van der Waals surface area contributed by atoms with Crippen LogP contribution in [0, 0.1) is 5.92 Å². The Morgan fingerprint density at radius 1 is 1.36 bits per heavy atom. The smallest absolute Gasteiger partial charge is 0.0965 e. The fourth-order valence-electron chi connectivity index (χ4n) is 1.43. The van der Waals surface area contributed by atoms with Crippen molar-refractivity contribution < 1.29 is 4.74 Å². The predicted octanol–water partition coefficient (Wildman–Crippen LogP) is 1.73. The normalized spacial score (nSPS) is 13.1. The molecule has 14 heavy (non-hydrogen) atoms. The summed E-state index contributed by atoms with van der Waals surface area (Å²) in [5.74, 6) is 0.802. The van der Waals surface area contributed by atoms with Gasteiger partial charge in [0.15, 0.2) is 0 Å². The maximum absolute atomic E-state index is 5.31.